The van der Waals surface area contributed by atoms with Crippen molar-refractivity contribution in [2.45, 2.75) is 6.92 Å². The summed E-state index contributed by atoms with van der Waals surface area (Å²) in [5.74, 6) is 0. The van der Waals surface area contributed by atoms with E-state index in [1.165, 1.54) is 5.39 Å². The van der Waals surface area contributed by atoms with Crippen LogP contribution in [-0.4, -0.2) is 9.97 Å². The van der Waals surface area contributed by atoms with Gasteiger partial charge in [0.1, 0.15) is 0 Å². The third-order valence-electron chi connectivity index (χ3n) is 2.84. The number of nitrogens with one attached hydrogen (secondary N) is 1. The van der Waals surface area contributed by atoms with E-state index in [9.17, 15) is 0 Å². The van der Waals surface area contributed by atoms with Crippen LogP contribution in [0.3, 0.4) is 0 Å². The molecule has 2 aromatic heterocycles. The van der Waals surface area contributed by atoms with Crippen LogP contribution in [0.2, 0.25) is 0 Å². The van der Waals surface area contributed by atoms with Crippen LogP contribution in [-0.2, 0) is 0 Å². The van der Waals surface area contributed by atoms with Crippen LogP contribution in [0.15, 0.2) is 55.0 Å². The van der Waals surface area contributed by atoms with Gasteiger partial charge in [-0.2, -0.15) is 0 Å². The Hall–Kier alpha value is -2.42. The predicted octanol–water partition coefficient (Wildman–Crippen LogP) is 3.68. The number of anilines is 2. The molecular formula is C15H13N3. The zero-order valence-corrected chi connectivity index (χ0v) is 10.1. The molecule has 0 spiro atoms. The average Bonchev–Trinajstić information content (AvgIpc) is 2.41. The summed E-state index contributed by atoms with van der Waals surface area (Å²) in [5, 5.41) is 5.66. The van der Waals surface area contributed by atoms with Crippen LogP contribution < -0.4 is 5.32 Å². The maximum Gasteiger partial charge on any atom is 0.0570 e. The number of aryl methyl sites for hydroxylation is 1. The minimum Gasteiger partial charge on any atom is -0.354 e. The summed E-state index contributed by atoms with van der Waals surface area (Å²) in [6, 6.07) is 12.2. The summed E-state index contributed by atoms with van der Waals surface area (Å²) in [4.78, 5) is 8.37. The standard InChI is InChI=1S/C15H13N3/c1-11-2-4-15(10-17-11)18-14-5-3-13-9-16-7-6-12(13)8-14/h2-10,18H,1H3. The van der Waals surface area contributed by atoms with Crippen molar-refractivity contribution in [2.75, 3.05) is 5.32 Å². The van der Waals surface area contributed by atoms with Gasteiger partial charge in [0.05, 0.1) is 11.9 Å². The Morgan fingerprint density at radius 3 is 2.61 bits per heavy atom. The molecule has 0 amide bonds. The fourth-order valence-corrected chi connectivity index (χ4v) is 1.87. The molecule has 0 atom stereocenters. The highest BCUT2D eigenvalue weighted by atomic mass is 14.9. The molecule has 0 unspecified atom stereocenters. The number of rotatable bonds is 2. The summed E-state index contributed by atoms with van der Waals surface area (Å²) in [7, 11) is 0. The maximum atomic E-state index is 4.27. The summed E-state index contributed by atoms with van der Waals surface area (Å²) < 4.78 is 0. The number of hydrogen-bond donors (Lipinski definition) is 1. The molecule has 0 bridgehead atoms. The number of benzene rings is 1. The molecule has 2 heterocycles. The first-order chi connectivity index (χ1) is 8.81. The number of hydrogen-bond acceptors (Lipinski definition) is 3. The first-order valence-electron chi connectivity index (χ1n) is 5.85. The molecule has 0 fully saturated rings. The second-order valence-corrected chi connectivity index (χ2v) is 4.25. The van der Waals surface area contributed by atoms with E-state index in [2.05, 4.69) is 27.4 Å². The largest absolute Gasteiger partial charge is 0.354 e. The maximum absolute atomic E-state index is 4.27. The van der Waals surface area contributed by atoms with Crippen molar-refractivity contribution in [3.63, 3.8) is 0 Å². The van der Waals surface area contributed by atoms with Gasteiger partial charge in [-0.1, -0.05) is 6.07 Å². The molecule has 0 aliphatic carbocycles. The zero-order valence-electron chi connectivity index (χ0n) is 10.1. The van der Waals surface area contributed by atoms with E-state index >= 15 is 0 Å². The molecule has 3 aromatic rings. The molecule has 88 valence electrons. The normalized spacial score (nSPS) is 10.5. The van der Waals surface area contributed by atoms with E-state index in [-0.39, 0.29) is 0 Å². The summed E-state index contributed by atoms with van der Waals surface area (Å²) >= 11 is 0. The minimum absolute atomic E-state index is 0.994. The zero-order chi connectivity index (χ0) is 12.4. The Morgan fingerprint density at radius 1 is 0.889 bits per heavy atom. The smallest absolute Gasteiger partial charge is 0.0570 e. The first-order valence-corrected chi connectivity index (χ1v) is 5.85. The predicted molar refractivity (Wildman–Crippen MR) is 74.0 cm³/mol. The van der Waals surface area contributed by atoms with Gasteiger partial charge in [-0.05, 0) is 42.6 Å². The Bertz CT molecular complexity index is 675. The van der Waals surface area contributed by atoms with Crippen LogP contribution in [0.4, 0.5) is 11.4 Å². The molecule has 0 aliphatic rings. The molecule has 3 heteroatoms. The lowest BCUT2D eigenvalue weighted by Crippen LogP contribution is -1.91. The van der Waals surface area contributed by atoms with Crippen LogP contribution in [0.25, 0.3) is 10.8 Å². The van der Waals surface area contributed by atoms with Gasteiger partial charge in [-0.15, -0.1) is 0 Å². The van der Waals surface area contributed by atoms with Crippen LogP contribution in [0.5, 0.6) is 0 Å². The van der Waals surface area contributed by atoms with Crippen LogP contribution in [0, 0.1) is 6.92 Å². The van der Waals surface area contributed by atoms with E-state index in [0.29, 0.717) is 0 Å². The molecule has 1 N–H and O–H groups in total. The van der Waals surface area contributed by atoms with Crippen molar-refractivity contribution in [3.05, 3.63) is 60.7 Å². The first kappa shape index (κ1) is 10.7. The van der Waals surface area contributed by atoms with Crippen molar-refractivity contribution in [3.8, 4) is 0 Å². The SMILES string of the molecule is Cc1ccc(Nc2ccc3cnccc3c2)cn1. The van der Waals surface area contributed by atoms with Gasteiger partial charge in [-0.3, -0.25) is 9.97 Å². The van der Waals surface area contributed by atoms with Crippen LogP contribution in [0.1, 0.15) is 5.69 Å². The fraction of sp³-hybridized carbons (Fsp3) is 0.0667. The average molecular weight is 235 g/mol. The third kappa shape index (κ3) is 2.15. The minimum atomic E-state index is 0.994. The number of fused-ring (bicyclic) bond motifs is 1. The van der Waals surface area contributed by atoms with E-state index < -0.39 is 0 Å². The number of aromatic nitrogens is 2. The van der Waals surface area contributed by atoms with Gasteiger partial charge < -0.3 is 5.32 Å². The summed E-state index contributed by atoms with van der Waals surface area (Å²) in [6.45, 7) is 1.98. The highest BCUT2D eigenvalue weighted by Crippen LogP contribution is 2.21. The van der Waals surface area contributed by atoms with Gasteiger partial charge in [0.2, 0.25) is 0 Å². The molecular weight excluding hydrogens is 222 g/mol. The topological polar surface area (TPSA) is 37.8 Å². The molecule has 3 rings (SSSR count). The molecule has 0 radical (unpaired) electrons. The second-order valence-electron chi connectivity index (χ2n) is 4.25. The lowest BCUT2D eigenvalue weighted by Gasteiger charge is -2.07. The number of nitrogens with zero attached hydrogens (tertiary/aromatic N) is 2. The monoisotopic (exact) mass is 235 g/mol. The van der Waals surface area contributed by atoms with Gasteiger partial charge in [0.25, 0.3) is 0 Å². The van der Waals surface area contributed by atoms with Crippen molar-refractivity contribution in [1.29, 1.82) is 0 Å². The molecule has 3 nitrogen and oxygen atoms in total. The molecule has 18 heavy (non-hydrogen) atoms. The Balaban J connectivity index is 1.92. The highest BCUT2D eigenvalue weighted by Gasteiger charge is 1.97. The van der Waals surface area contributed by atoms with E-state index in [0.717, 1.165) is 22.5 Å². The van der Waals surface area contributed by atoms with Crippen molar-refractivity contribution < 1.29 is 0 Å². The number of pyridine rings is 2. The van der Waals surface area contributed by atoms with Gasteiger partial charge >= 0.3 is 0 Å². The van der Waals surface area contributed by atoms with Crippen molar-refractivity contribution in [2.24, 2.45) is 0 Å². The third-order valence-corrected chi connectivity index (χ3v) is 2.84. The lowest BCUT2D eigenvalue weighted by molar-refractivity contribution is 1.20. The van der Waals surface area contributed by atoms with E-state index in [4.69, 9.17) is 0 Å². The molecule has 0 aliphatic heterocycles. The Labute approximate surface area is 106 Å². The van der Waals surface area contributed by atoms with E-state index in [1.54, 1.807) is 6.20 Å². The van der Waals surface area contributed by atoms with Gasteiger partial charge in [0.15, 0.2) is 0 Å². The van der Waals surface area contributed by atoms with Gasteiger partial charge in [-0.25, -0.2) is 0 Å². The summed E-state index contributed by atoms with van der Waals surface area (Å²) in [5.41, 5.74) is 3.07. The second kappa shape index (κ2) is 4.45. The van der Waals surface area contributed by atoms with Crippen LogP contribution >= 0.6 is 0 Å². The Morgan fingerprint density at radius 2 is 1.78 bits per heavy atom. The fourth-order valence-electron chi connectivity index (χ4n) is 1.87. The van der Waals surface area contributed by atoms with Crippen molar-refractivity contribution >= 4 is 22.1 Å². The molecule has 0 saturated carbocycles. The Kier molecular flexibility index (Phi) is 2.65. The molecule has 1 aromatic carbocycles. The lowest BCUT2D eigenvalue weighted by atomic mass is 10.1. The van der Waals surface area contributed by atoms with Crippen molar-refractivity contribution in [1.82, 2.24) is 9.97 Å². The molecule has 0 saturated heterocycles. The van der Waals surface area contributed by atoms with E-state index in [1.807, 2.05) is 43.6 Å². The highest BCUT2D eigenvalue weighted by molar-refractivity contribution is 5.85. The van der Waals surface area contributed by atoms with Gasteiger partial charge in [0, 0.05) is 29.2 Å². The quantitative estimate of drug-likeness (QED) is 0.736. The summed E-state index contributed by atoms with van der Waals surface area (Å²) in [6.07, 6.45) is 5.51.